The molecule has 104 valence electrons. The Labute approximate surface area is 124 Å². The van der Waals surface area contributed by atoms with Gasteiger partial charge in [-0.15, -0.1) is 11.6 Å². The van der Waals surface area contributed by atoms with Crippen LogP contribution in [0.4, 0.5) is 5.69 Å². The summed E-state index contributed by atoms with van der Waals surface area (Å²) in [6, 6.07) is 11.6. The van der Waals surface area contributed by atoms with Gasteiger partial charge >= 0.3 is 0 Å². The number of rotatable bonds is 3. The highest BCUT2D eigenvalue weighted by atomic mass is 35.5. The maximum atomic E-state index is 12.4. The van der Waals surface area contributed by atoms with Crippen molar-refractivity contribution in [2.24, 2.45) is 0 Å². The van der Waals surface area contributed by atoms with Crippen molar-refractivity contribution in [2.75, 3.05) is 5.32 Å². The van der Waals surface area contributed by atoms with Crippen LogP contribution in [0.1, 0.15) is 32.6 Å². The van der Waals surface area contributed by atoms with Crippen molar-refractivity contribution in [2.45, 2.75) is 26.7 Å². The first-order valence-corrected chi connectivity index (χ1v) is 7.09. The van der Waals surface area contributed by atoms with Gasteiger partial charge in [0.25, 0.3) is 5.91 Å². The summed E-state index contributed by atoms with van der Waals surface area (Å²) in [5.41, 5.74) is 5.66. The van der Waals surface area contributed by atoms with Crippen molar-refractivity contribution in [3.05, 3.63) is 64.2 Å². The van der Waals surface area contributed by atoms with Crippen molar-refractivity contribution in [1.82, 2.24) is 0 Å². The zero-order chi connectivity index (χ0) is 14.7. The van der Waals surface area contributed by atoms with Crippen molar-refractivity contribution < 1.29 is 4.79 Å². The molecule has 0 fully saturated rings. The predicted molar refractivity (Wildman–Crippen MR) is 84.6 cm³/mol. The fourth-order valence-corrected chi connectivity index (χ4v) is 2.63. The molecule has 0 spiro atoms. The zero-order valence-electron chi connectivity index (χ0n) is 12.0. The molecule has 0 aromatic heterocycles. The quantitative estimate of drug-likeness (QED) is 0.821. The average molecular weight is 288 g/mol. The van der Waals surface area contributed by atoms with Crippen LogP contribution < -0.4 is 5.32 Å². The minimum Gasteiger partial charge on any atom is -0.322 e. The second-order valence-electron chi connectivity index (χ2n) is 5.06. The topological polar surface area (TPSA) is 29.1 Å². The van der Waals surface area contributed by atoms with Crippen molar-refractivity contribution in [1.29, 1.82) is 0 Å². The molecule has 0 aliphatic carbocycles. The molecule has 20 heavy (non-hydrogen) atoms. The molecule has 0 radical (unpaired) electrons. The first-order valence-electron chi connectivity index (χ1n) is 6.55. The summed E-state index contributed by atoms with van der Waals surface area (Å²) in [5, 5.41) is 2.94. The van der Waals surface area contributed by atoms with E-state index in [1.54, 1.807) is 0 Å². The number of anilines is 1. The maximum absolute atomic E-state index is 12.4. The van der Waals surface area contributed by atoms with Crippen LogP contribution in [0, 0.1) is 20.8 Å². The van der Waals surface area contributed by atoms with Gasteiger partial charge in [0, 0.05) is 17.1 Å². The van der Waals surface area contributed by atoms with Gasteiger partial charge in [-0.2, -0.15) is 0 Å². The third-order valence-corrected chi connectivity index (χ3v) is 3.55. The first-order chi connectivity index (χ1) is 9.51. The summed E-state index contributed by atoms with van der Waals surface area (Å²) in [7, 11) is 0. The number of hydrogen-bond acceptors (Lipinski definition) is 1. The van der Waals surface area contributed by atoms with Gasteiger partial charge in [-0.3, -0.25) is 4.79 Å². The van der Waals surface area contributed by atoms with E-state index < -0.39 is 0 Å². The lowest BCUT2D eigenvalue weighted by molar-refractivity contribution is 0.102. The summed E-state index contributed by atoms with van der Waals surface area (Å²) >= 11 is 5.81. The van der Waals surface area contributed by atoms with Crippen LogP contribution in [-0.2, 0) is 5.88 Å². The van der Waals surface area contributed by atoms with Crippen LogP contribution in [0.2, 0.25) is 0 Å². The molecule has 0 aliphatic rings. The van der Waals surface area contributed by atoms with Crippen LogP contribution in [0.5, 0.6) is 0 Å². The first kappa shape index (κ1) is 14.6. The number of aryl methyl sites for hydroxylation is 3. The molecule has 0 unspecified atom stereocenters. The predicted octanol–water partition coefficient (Wildman–Crippen LogP) is 4.60. The third-order valence-electron chi connectivity index (χ3n) is 3.24. The van der Waals surface area contributed by atoms with E-state index >= 15 is 0 Å². The minimum absolute atomic E-state index is 0.0771. The molecule has 2 nitrogen and oxygen atoms in total. The number of carbonyl (C=O) groups excluding carboxylic acids is 1. The Balaban J connectivity index is 2.28. The van der Waals surface area contributed by atoms with Gasteiger partial charge in [-0.05, 0) is 49.6 Å². The maximum Gasteiger partial charge on any atom is 0.256 e. The smallest absolute Gasteiger partial charge is 0.256 e. The largest absolute Gasteiger partial charge is 0.322 e. The van der Waals surface area contributed by atoms with Gasteiger partial charge in [0.15, 0.2) is 0 Å². The summed E-state index contributed by atoms with van der Waals surface area (Å²) < 4.78 is 0. The highest BCUT2D eigenvalue weighted by molar-refractivity contribution is 6.17. The molecular formula is C17H18ClNO. The lowest BCUT2D eigenvalue weighted by Gasteiger charge is -2.12. The number of benzene rings is 2. The molecule has 0 atom stereocenters. The normalized spacial score (nSPS) is 10.4. The number of alkyl halides is 1. The van der Waals surface area contributed by atoms with Gasteiger partial charge in [-0.1, -0.05) is 29.8 Å². The van der Waals surface area contributed by atoms with Crippen molar-refractivity contribution in [3.63, 3.8) is 0 Å². The van der Waals surface area contributed by atoms with E-state index in [4.69, 9.17) is 11.6 Å². The van der Waals surface area contributed by atoms with E-state index in [9.17, 15) is 4.79 Å². The Morgan fingerprint density at radius 2 is 1.75 bits per heavy atom. The molecule has 0 aliphatic heterocycles. The molecule has 0 bridgehead atoms. The second-order valence-corrected chi connectivity index (χ2v) is 5.33. The van der Waals surface area contributed by atoms with Crippen LogP contribution in [0.3, 0.4) is 0 Å². The van der Waals surface area contributed by atoms with Crippen LogP contribution in [0.15, 0.2) is 36.4 Å². The summed E-state index contributed by atoms with van der Waals surface area (Å²) in [6.07, 6.45) is 0. The van der Waals surface area contributed by atoms with Crippen molar-refractivity contribution >= 4 is 23.2 Å². The number of hydrogen-bond donors (Lipinski definition) is 1. The molecular weight excluding hydrogens is 270 g/mol. The fraction of sp³-hybridized carbons (Fsp3) is 0.235. The Kier molecular flexibility index (Phi) is 4.46. The zero-order valence-corrected chi connectivity index (χ0v) is 12.7. The lowest BCUT2D eigenvalue weighted by atomic mass is 9.99. The molecule has 0 saturated carbocycles. The highest BCUT2D eigenvalue weighted by Gasteiger charge is 2.13. The Morgan fingerprint density at radius 3 is 2.35 bits per heavy atom. The second kappa shape index (κ2) is 6.10. The van der Waals surface area contributed by atoms with Crippen LogP contribution >= 0.6 is 11.6 Å². The van der Waals surface area contributed by atoms with Crippen LogP contribution in [-0.4, -0.2) is 5.91 Å². The van der Waals surface area contributed by atoms with Gasteiger partial charge in [0.1, 0.15) is 0 Å². The molecule has 3 heteroatoms. The fourth-order valence-electron chi connectivity index (χ4n) is 2.46. The van der Waals surface area contributed by atoms with E-state index in [0.29, 0.717) is 5.88 Å². The van der Waals surface area contributed by atoms with Crippen molar-refractivity contribution in [3.8, 4) is 0 Å². The van der Waals surface area contributed by atoms with E-state index in [1.807, 2.05) is 57.2 Å². The summed E-state index contributed by atoms with van der Waals surface area (Å²) in [5.74, 6) is 0.360. The Hall–Kier alpha value is -1.80. The standard InChI is InChI=1S/C17H18ClNO/c1-11-7-12(2)16(13(3)8-11)17(20)19-15-6-4-5-14(9-15)10-18/h4-9H,10H2,1-3H3,(H,19,20). The molecule has 0 heterocycles. The van der Waals surface area contributed by atoms with Gasteiger partial charge in [0.05, 0.1) is 0 Å². The number of carbonyl (C=O) groups is 1. The SMILES string of the molecule is Cc1cc(C)c(C(=O)Nc2cccc(CCl)c2)c(C)c1. The Morgan fingerprint density at radius 1 is 1.10 bits per heavy atom. The summed E-state index contributed by atoms with van der Waals surface area (Å²) in [6.45, 7) is 5.96. The molecule has 1 amide bonds. The van der Waals surface area contributed by atoms with Gasteiger partial charge in [0.2, 0.25) is 0 Å². The van der Waals surface area contributed by atoms with Gasteiger partial charge in [-0.25, -0.2) is 0 Å². The number of amides is 1. The molecule has 1 N–H and O–H groups in total. The van der Waals surface area contributed by atoms with Crippen LogP contribution in [0.25, 0.3) is 0 Å². The minimum atomic E-state index is -0.0771. The molecule has 0 saturated heterocycles. The number of nitrogens with one attached hydrogen (secondary N) is 1. The molecule has 2 aromatic carbocycles. The highest BCUT2D eigenvalue weighted by Crippen LogP contribution is 2.19. The molecule has 2 aromatic rings. The average Bonchev–Trinajstić information content (AvgIpc) is 2.37. The number of halogens is 1. The monoisotopic (exact) mass is 287 g/mol. The van der Waals surface area contributed by atoms with E-state index in [-0.39, 0.29) is 5.91 Å². The summed E-state index contributed by atoms with van der Waals surface area (Å²) in [4.78, 5) is 12.4. The van der Waals surface area contributed by atoms with Gasteiger partial charge < -0.3 is 5.32 Å². The third kappa shape index (κ3) is 3.20. The van der Waals surface area contributed by atoms with E-state index in [0.717, 1.165) is 27.9 Å². The lowest BCUT2D eigenvalue weighted by Crippen LogP contribution is -2.15. The van der Waals surface area contributed by atoms with E-state index in [1.165, 1.54) is 5.56 Å². The Bertz CT molecular complexity index is 626. The van der Waals surface area contributed by atoms with E-state index in [2.05, 4.69) is 5.32 Å². The molecule has 2 rings (SSSR count).